The van der Waals surface area contributed by atoms with E-state index in [1.54, 1.807) is 13.0 Å². The highest BCUT2D eigenvalue weighted by atomic mass is 19.4. The summed E-state index contributed by atoms with van der Waals surface area (Å²) < 4.78 is 51.1. The van der Waals surface area contributed by atoms with Crippen molar-refractivity contribution in [2.24, 2.45) is 5.16 Å². The van der Waals surface area contributed by atoms with Crippen LogP contribution in [0.5, 0.6) is 11.5 Å². The van der Waals surface area contributed by atoms with Gasteiger partial charge in [0.25, 0.3) is 0 Å². The third kappa shape index (κ3) is 7.62. The molecule has 0 unspecified atom stereocenters. The van der Waals surface area contributed by atoms with Crippen molar-refractivity contribution < 1.29 is 27.5 Å². The summed E-state index contributed by atoms with van der Waals surface area (Å²) in [6.45, 7) is 12.2. The van der Waals surface area contributed by atoms with Gasteiger partial charge in [0.05, 0.1) is 0 Å². The van der Waals surface area contributed by atoms with E-state index in [0.717, 1.165) is 35.3 Å². The van der Waals surface area contributed by atoms with E-state index in [1.165, 1.54) is 12.1 Å². The molecule has 0 aromatic heterocycles. The number of hydrogen-bond donors (Lipinski definition) is 0. The van der Waals surface area contributed by atoms with Gasteiger partial charge >= 0.3 is 6.18 Å². The van der Waals surface area contributed by atoms with Crippen LogP contribution in [0.4, 0.5) is 13.2 Å². The number of halogens is 3. The Labute approximate surface area is 188 Å². The summed E-state index contributed by atoms with van der Waals surface area (Å²) in [7, 11) is 1.09. The van der Waals surface area contributed by atoms with Gasteiger partial charge in [-0.3, -0.25) is 0 Å². The predicted molar refractivity (Wildman–Crippen MR) is 123 cm³/mol. The van der Waals surface area contributed by atoms with Crippen molar-refractivity contribution in [3.05, 3.63) is 70.3 Å². The minimum absolute atomic E-state index is 0.0550. The maximum atomic E-state index is 13.2. The summed E-state index contributed by atoms with van der Waals surface area (Å²) >= 11 is 0. The molecule has 0 aliphatic carbocycles. The number of rotatable bonds is 8. The highest BCUT2D eigenvalue weighted by molar-refractivity contribution is 6.04. The average molecular weight is 452 g/mol. The molecule has 7 heteroatoms. The molecule has 0 spiro atoms. The monoisotopic (exact) mass is 451 g/mol. The fraction of sp³-hybridized carbons (Fsp3) is 0.400. The number of aryl methyl sites for hydroxylation is 3. The maximum Gasteiger partial charge on any atom is 0.437 e. The Morgan fingerprint density at radius 1 is 0.969 bits per heavy atom. The quantitative estimate of drug-likeness (QED) is 0.244. The van der Waals surface area contributed by atoms with Crippen LogP contribution in [0.25, 0.3) is 0 Å². The number of benzene rings is 2. The first-order valence-corrected chi connectivity index (χ1v) is 10.4. The third-order valence-corrected chi connectivity index (χ3v) is 4.45. The van der Waals surface area contributed by atoms with Gasteiger partial charge in [-0.05, 0) is 68.1 Å². The Morgan fingerprint density at radius 3 is 2.09 bits per heavy atom. The lowest BCUT2D eigenvalue weighted by atomic mass is 10.0. The van der Waals surface area contributed by atoms with Crippen LogP contribution in [0, 0.1) is 20.8 Å². The largest absolute Gasteiger partial charge is 0.490 e. The van der Waals surface area contributed by atoms with Gasteiger partial charge in [0, 0.05) is 5.56 Å². The van der Waals surface area contributed by atoms with E-state index < -0.39 is 11.9 Å². The topological polar surface area (TPSA) is 40.0 Å². The van der Waals surface area contributed by atoms with E-state index in [9.17, 15) is 13.2 Å². The number of oxime groups is 1. The van der Waals surface area contributed by atoms with E-state index >= 15 is 0 Å². The molecule has 4 nitrogen and oxygen atoms in total. The van der Waals surface area contributed by atoms with Crippen LogP contribution >= 0.6 is 0 Å². The molecule has 0 fully saturated rings. The smallest absolute Gasteiger partial charge is 0.437 e. The van der Waals surface area contributed by atoms with Gasteiger partial charge in [-0.1, -0.05) is 43.3 Å². The lowest BCUT2D eigenvalue weighted by molar-refractivity contribution is -0.0608. The van der Waals surface area contributed by atoms with Gasteiger partial charge in [0.15, 0.2) is 5.71 Å². The van der Waals surface area contributed by atoms with Crippen LogP contribution in [0.15, 0.2) is 47.6 Å². The Morgan fingerprint density at radius 2 is 1.59 bits per heavy atom. The molecule has 32 heavy (non-hydrogen) atoms. The molecule has 0 radical (unpaired) electrons. The van der Waals surface area contributed by atoms with E-state index in [1.807, 2.05) is 58.9 Å². The molecule has 2 rings (SSSR count). The van der Waals surface area contributed by atoms with Gasteiger partial charge in [-0.25, -0.2) is 0 Å². The second-order valence-electron chi connectivity index (χ2n) is 6.82. The lowest BCUT2D eigenvalue weighted by Gasteiger charge is -2.16. The minimum atomic E-state index is -4.61. The zero-order valence-corrected chi connectivity index (χ0v) is 19.8. The zero-order chi connectivity index (χ0) is 24.3. The van der Waals surface area contributed by atoms with Crippen LogP contribution in [-0.2, 0) is 11.4 Å². The van der Waals surface area contributed by atoms with Crippen molar-refractivity contribution in [1.82, 2.24) is 0 Å². The SMILES string of the molecule is C/C=C/COc1cc(C)c(OCc2ccc(/C(=N\OC)C(F)(F)F)cc2C)c(C)c1.CC. The Bertz CT molecular complexity index is 912. The molecular formula is C25H32F3NO3. The molecule has 0 aliphatic heterocycles. The molecule has 0 aliphatic rings. The fourth-order valence-electron chi connectivity index (χ4n) is 2.98. The van der Waals surface area contributed by atoms with Gasteiger partial charge in [0.1, 0.15) is 31.8 Å². The molecule has 176 valence electrons. The number of ether oxygens (including phenoxy) is 2. The minimum Gasteiger partial charge on any atom is -0.490 e. The predicted octanol–water partition coefficient (Wildman–Crippen LogP) is 7.08. The van der Waals surface area contributed by atoms with Crippen LogP contribution in [0.3, 0.4) is 0 Å². The molecule has 0 bridgehead atoms. The fourth-order valence-corrected chi connectivity index (χ4v) is 2.98. The summed E-state index contributed by atoms with van der Waals surface area (Å²) in [6.07, 6.45) is -0.766. The van der Waals surface area contributed by atoms with Crippen LogP contribution in [-0.4, -0.2) is 25.6 Å². The Balaban J connectivity index is 0.00000249. The summed E-state index contributed by atoms with van der Waals surface area (Å²) in [6, 6.07) is 8.22. The van der Waals surface area contributed by atoms with Crippen molar-refractivity contribution in [3.63, 3.8) is 0 Å². The van der Waals surface area contributed by atoms with Crippen molar-refractivity contribution in [3.8, 4) is 11.5 Å². The molecule has 0 heterocycles. The first-order valence-electron chi connectivity index (χ1n) is 10.4. The Hall–Kier alpha value is -2.96. The molecule has 2 aromatic rings. The number of allylic oxidation sites excluding steroid dienone is 1. The number of nitrogens with zero attached hydrogens (tertiary/aromatic N) is 1. The first kappa shape index (κ1) is 27.1. The second-order valence-corrected chi connectivity index (χ2v) is 6.82. The molecule has 0 atom stereocenters. The molecule has 0 saturated heterocycles. The zero-order valence-electron chi connectivity index (χ0n) is 19.8. The normalized spacial score (nSPS) is 11.8. The molecule has 0 amide bonds. The summed E-state index contributed by atoms with van der Waals surface area (Å²) in [4.78, 5) is 4.36. The molecule has 0 saturated carbocycles. The highest BCUT2D eigenvalue weighted by Gasteiger charge is 2.38. The van der Waals surface area contributed by atoms with E-state index in [0.29, 0.717) is 12.2 Å². The standard InChI is InChI=1S/C23H26F3NO3.C2H6/c1-6-7-10-29-20-12-16(3)21(17(4)13-20)30-14-19-9-8-18(11-15(19)2)22(27-28-5)23(24,25)26;1-2/h6-9,11-13H,10,14H2,1-5H3;1-2H3/b7-6+,27-22+;. The van der Waals surface area contributed by atoms with Crippen molar-refractivity contribution in [2.75, 3.05) is 13.7 Å². The Kier molecular flexibility index (Phi) is 10.8. The van der Waals surface area contributed by atoms with Crippen LogP contribution in [0.1, 0.15) is 48.6 Å². The molecule has 0 N–H and O–H groups in total. The second kappa shape index (κ2) is 12.8. The summed E-state index contributed by atoms with van der Waals surface area (Å²) in [5, 5.41) is 3.13. The first-order chi connectivity index (χ1) is 15.2. The van der Waals surface area contributed by atoms with E-state index in [2.05, 4.69) is 9.99 Å². The average Bonchev–Trinajstić information content (AvgIpc) is 2.73. The van der Waals surface area contributed by atoms with Gasteiger partial charge in [-0.15, -0.1) is 0 Å². The van der Waals surface area contributed by atoms with Gasteiger partial charge < -0.3 is 14.3 Å². The van der Waals surface area contributed by atoms with Crippen molar-refractivity contribution >= 4 is 5.71 Å². The van der Waals surface area contributed by atoms with E-state index in [4.69, 9.17) is 9.47 Å². The number of hydrogen-bond acceptors (Lipinski definition) is 4. The lowest BCUT2D eigenvalue weighted by Crippen LogP contribution is -2.24. The molecular weight excluding hydrogens is 419 g/mol. The van der Waals surface area contributed by atoms with Crippen LogP contribution in [0.2, 0.25) is 0 Å². The maximum absolute atomic E-state index is 13.2. The summed E-state index contributed by atoms with van der Waals surface area (Å²) in [5.41, 5.74) is 2.17. The molecule has 2 aromatic carbocycles. The highest BCUT2D eigenvalue weighted by Crippen LogP contribution is 2.30. The van der Waals surface area contributed by atoms with Crippen LogP contribution < -0.4 is 9.47 Å². The van der Waals surface area contributed by atoms with Crippen molar-refractivity contribution in [2.45, 2.75) is 54.3 Å². The summed E-state index contributed by atoms with van der Waals surface area (Å²) in [5.74, 6) is 1.49. The van der Waals surface area contributed by atoms with Crippen molar-refractivity contribution in [1.29, 1.82) is 0 Å². The van der Waals surface area contributed by atoms with E-state index in [-0.39, 0.29) is 12.2 Å². The third-order valence-electron chi connectivity index (χ3n) is 4.45. The number of alkyl halides is 3. The van der Waals surface area contributed by atoms with Gasteiger partial charge in [0.2, 0.25) is 0 Å². The van der Waals surface area contributed by atoms with Gasteiger partial charge in [-0.2, -0.15) is 13.2 Å².